The number of imidazole rings is 1. The van der Waals surface area contributed by atoms with E-state index >= 15 is 0 Å². The molecule has 0 saturated carbocycles. The van der Waals surface area contributed by atoms with Crippen LogP contribution in [-0.4, -0.2) is 16.6 Å². The molecule has 1 atom stereocenters. The maximum Gasteiger partial charge on any atom is 0.123 e. The van der Waals surface area contributed by atoms with Gasteiger partial charge in [0.05, 0.1) is 24.3 Å². The van der Waals surface area contributed by atoms with Gasteiger partial charge in [-0.2, -0.15) is 0 Å². The van der Waals surface area contributed by atoms with Crippen molar-refractivity contribution in [2.45, 2.75) is 13.0 Å². The quantitative estimate of drug-likeness (QED) is 0.880. The molecule has 0 bridgehead atoms. The first-order valence-electron chi connectivity index (χ1n) is 5.52. The Hall–Kier alpha value is -1.68. The molecule has 0 aliphatic carbocycles. The van der Waals surface area contributed by atoms with E-state index in [0.717, 1.165) is 16.8 Å². The molecule has 17 heavy (non-hydrogen) atoms. The SMILES string of the molecule is CNC(c1cc(C)cc(F)c1)c1cncn1C. The molecule has 1 heterocycles. The normalized spacial score (nSPS) is 12.7. The third-order valence-electron chi connectivity index (χ3n) is 2.84. The van der Waals surface area contributed by atoms with E-state index in [9.17, 15) is 4.39 Å². The molecule has 90 valence electrons. The zero-order valence-electron chi connectivity index (χ0n) is 10.2. The largest absolute Gasteiger partial charge is 0.336 e. The van der Waals surface area contributed by atoms with Gasteiger partial charge in [-0.25, -0.2) is 9.37 Å². The second kappa shape index (κ2) is 4.67. The number of aromatic nitrogens is 2. The molecule has 0 saturated heterocycles. The van der Waals surface area contributed by atoms with Crippen LogP contribution >= 0.6 is 0 Å². The first-order valence-corrected chi connectivity index (χ1v) is 5.52. The van der Waals surface area contributed by atoms with E-state index in [2.05, 4.69) is 10.3 Å². The smallest absolute Gasteiger partial charge is 0.123 e. The third kappa shape index (κ3) is 2.36. The zero-order chi connectivity index (χ0) is 12.4. The Kier molecular flexibility index (Phi) is 3.24. The number of aryl methyl sites for hydroxylation is 2. The van der Waals surface area contributed by atoms with Gasteiger partial charge in [-0.1, -0.05) is 6.07 Å². The number of benzene rings is 1. The fourth-order valence-corrected chi connectivity index (χ4v) is 2.06. The van der Waals surface area contributed by atoms with Gasteiger partial charge in [0.1, 0.15) is 5.82 Å². The fraction of sp³-hybridized carbons (Fsp3) is 0.308. The highest BCUT2D eigenvalue weighted by atomic mass is 19.1. The minimum absolute atomic E-state index is 0.0445. The summed E-state index contributed by atoms with van der Waals surface area (Å²) in [5.41, 5.74) is 2.84. The minimum Gasteiger partial charge on any atom is -0.336 e. The highest BCUT2D eigenvalue weighted by Crippen LogP contribution is 2.22. The van der Waals surface area contributed by atoms with E-state index in [1.807, 2.05) is 31.7 Å². The lowest BCUT2D eigenvalue weighted by atomic mass is 10.0. The van der Waals surface area contributed by atoms with Crippen molar-refractivity contribution in [3.05, 3.63) is 53.4 Å². The summed E-state index contributed by atoms with van der Waals surface area (Å²) in [5, 5.41) is 3.19. The summed E-state index contributed by atoms with van der Waals surface area (Å²) in [5.74, 6) is -0.206. The monoisotopic (exact) mass is 233 g/mol. The Bertz CT molecular complexity index is 499. The van der Waals surface area contributed by atoms with Gasteiger partial charge < -0.3 is 9.88 Å². The first-order chi connectivity index (χ1) is 8.11. The molecule has 0 radical (unpaired) electrons. The van der Waals surface area contributed by atoms with Crippen LogP contribution in [0.4, 0.5) is 4.39 Å². The number of nitrogens with one attached hydrogen (secondary N) is 1. The van der Waals surface area contributed by atoms with Crippen LogP contribution in [0.3, 0.4) is 0 Å². The zero-order valence-corrected chi connectivity index (χ0v) is 10.2. The van der Waals surface area contributed by atoms with Gasteiger partial charge in [0.25, 0.3) is 0 Å². The molecule has 0 aliphatic rings. The van der Waals surface area contributed by atoms with Gasteiger partial charge in [-0.3, -0.25) is 0 Å². The van der Waals surface area contributed by atoms with Crippen molar-refractivity contribution < 1.29 is 4.39 Å². The molecule has 0 amide bonds. The Balaban J connectivity index is 2.45. The Morgan fingerprint density at radius 2 is 2.12 bits per heavy atom. The summed E-state index contributed by atoms with van der Waals surface area (Å²) in [4.78, 5) is 4.09. The average molecular weight is 233 g/mol. The van der Waals surface area contributed by atoms with Crippen LogP contribution in [0.2, 0.25) is 0 Å². The van der Waals surface area contributed by atoms with Gasteiger partial charge in [0, 0.05) is 7.05 Å². The molecule has 4 heteroatoms. The summed E-state index contributed by atoms with van der Waals surface area (Å²) in [6.07, 6.45) is 3.53. The molecule has 1 N–H and O–H groups in total. The highest BCUT2D eigenvalue weighted by Gasteiger charge is 2.16. The molecule has 1 aromatic carbocycles. The van der Waals surface area contributed by atoms with Gasteiger partial charge in [0.15, 0.2) is 0 Å². The van der Waals surface area contributed by atoms with E-state index in [0.29, 0.717) is 0 Å². The van der Waals surface area contributed by atoms with Crippen LogP contribution < -0.4 is 5.32 Å². The molecule has 2 aromatic rings. The second-order valence-electron chi connectivity index (χ2n) is 4.21. The molecule has 2 rings (SSSR count). The minimum atomic E-state index is -0.206. The Labute approximate surface area is 100 Å². The van der Waals surface area contributed by atoms with Crippen molar-refractivity contribution in [2.75, 3.05) is 7.05 Å². The lowest BCUT2D eigenvalue weighted by Crippen LogP contribution is -2.20. The molecule has 0 spiro atoms. The van der Waals surface area contributed by atoms with Gasteiger partial charge in [-0.15, -0.1) is 0 Å². The highest BCUT2D eigenvalue weighted by molar-refractivity contribution is 5.31. The van der Waals surface area contributed by atoms with E-state index in [1.54, 1.807) is 18.6 Å². The summed E-state index contributed by atoms with van der Waals surface area (Å²) in [6.45, 7) is 1.89. The van der Waals surface area contributed by atoms with E-state index in [4.69, 9.17) is 0 Å². The van der Waals surface area contributed by atoms with Gasteiger partial charge in [0.2, 0.25) is 0 Å². The van der Waals surface area contributed by atoms with Gasteiger partial charge in [-0.05, 0) is 37.2 Å². The average Bonchev–Trinajstić information content (AvgIpc) is 2.65. The maximum atomic E-state index is 13.4. The summed E-state index contributed by atoms with van der Waals surface area (Å²) < 4.78 is 15.3. The Morgan fingerprint density at radius 3 is 2.65 bits per heavy atom. The topological polar surface area (TPSA) is 29.9 Å². The molecule has 1 unspecified atom stereocenters. The van der Waals surface area contributed by atoms with Crippen molar-refractivity contribution in [3.63, 3.8) is 0 Å². The number of halogens is 1. The lowest BCUT2D eigenvalue weighted by molar-refractivity contribution is 0.605. The van der Waals surface area contributed by atoms with Crippen molar-refractivity contribution in [1.82, 2.24) is 14.9 Å². The van der Waals surface area contributed by atoms with Crippen LogP contribution in [0.5, 0.6) is 0 Å². The van der Waals surface area contributed by atoms with Crippen LogP contribution in [0.25, 0.3) is 0 Å². The Morgan fingerprint density at radius 1 is 1.35 bits per heavy atom. The number of nitrogens with zero attached hydrogens (tertiary/aromatic N) is 2. The van der Waals surface area contributed by atoms with Crippen molar-refractivity contribution >= 4 is 0 Å². The van der Waals surface area contributed by atoms with E-state index < -0.39 is 0 Å². The van der Waals surface area contributed by atoms with Gasteiger partial charge >= 0.3 is 0 Å². The van der Waals surface area contributed by atoms with Crippen LogP contribution in [0.1, 0.15) is 22.9 Å². The fourth-order valence-electron chi connectivity index (χ4n) is 2.06. The predicted octanol–water partition coefficient (Wildman–Crippen LogP) is 2.18. The molecule has 0 fully saturated rings. The molecular weight excluding hydrogens is 217 g/mol. The van der Waals surface area contributed by atoms with Crippen molar-refractivity contribution in [1.29, 1.82) is 0 Å². The summed E-state index contributed by atoms with van der Waals surface area (Å²) >= 11 is 0. The molecular formula is C13H16FN3. The van der Waals surface area contributed by atoms with Crippen LogP contribution in [0.15, 0.2) is 30.7 Å². The first kappa shape index (κ1) is 11.8. The molecule has 1 aromatic heterocycles. The molecule has 3 nitrogen and oxygen atoms in total. The van der Waals surface area contributed by atoms with E-state index in [-0.39, 0.29) is 11.9 Å². The molecule has 0 aliphatic heterocycles. The van der Waals surface area contributed by atoms with Crippen LogP contribution in [-0.2, 0) is 7.05 Å². The second-order valence-corrected chi connectivity index (χ2v) is 4.21. The summed E-state index contributed by atoms with van der Waals surface area (Å²) in [7, 11) is 3.79. The number of hydrogen-bond donors (Lipinski definition) is 1. The maximum absolute atomic E-state index is 13.4. The lowest BCUT2D eigenvalue weighted by Gasteiger charge is -2.17. The van der Waals surface area contributed by atoms with Crippen LogP contribution in [0, 0.1) is 12.7 Å². The van der Waals surface area contributed by atoms with Crippen molar-refractivity contribution in [2.24, 2.45) is 7.05 Å². The number of hydrogen-bond acceptors (Lipinski definition) is 2. The third-order valence-corrected chi connectivity index (χ3v) is 2.84. The summed E-state index contributed by atoms with van der Waals surface area (Å²) in [6, 6.07) is 5.02. The van der Waals surface area contributed by atoms with E-state index in [1.165, 1.54) is 6.07 Å². The van der Waals surface area contributed by atoms with Crippen molar-refractivity contribution in [3.8, 4) is 0 Å². The standard InChI is InChI=1S/C13H16FN3/c1-9-4-10(6-11(14)5-9)13(15-2)12-7-16-8-17(12)3/h4-8,13,15H,1-3H3. The number of rotatable bonds is 3. The predicted molar refractivity (Wildman–Crippen MR) is 65.2 cm³/mol.